The molecule has 1 saturated heterocycles. The van der Waals surface area contributed by atoms with Gasteiger partial charge in [-0.1, -0.05) is 44.5 Å². The second-order valence-electron chi connectivity index (χ2n) is 7.28. The number of rotatable bonds is 4. The summed E-state index contributed by atoms with van der Waals surface area (Å²) in [6.45, 7) is 8.40. The summed E-state index contributed by atoms with van der Waals surface area (Å²) >= 11 is 5.98. The number of piperidine rings is 1. The number of halogens is 1. The van der Waals surface area contributed by atoms with Crippen LogP contribution in [0.1, 0.15) is 45.6 Å². The van der Waals surface area contributed by atoms with E-state index in [0.717, 1.165) is 30.0 Å². The number of hydrogen-bond donors (Lipinski definition) is 0. The molecule has 0 radical (unpaired) electrons. The van der Waals surface area contributed by atoms with Crippen LogP contribution in [0.5, 0.6) is 0 Å². The molecular formula is C18H26ClNO2. The Morgan fingerprint density at radius 2 is 2.18 bits per heavy atom. The highest BCUT2D eigenvalue weighted by Gasteiger charge is 2.26. The van der Waals surface area contributed by atoms with Crippen molar-refractivity contribution in [2.75, 3.05) is 13.1 Å². The van der Waals surface area contributed by atoms with Gasteiger partial charge < -0.3 is 9.64 Å². The molecule has 22 heavy (non-hydrogen) atoms. The highest BCUT2D eigenvalue weighted by molar-refractivity contribution is 6.30. The van der Waals surface area contributed by atoms with Crippen LogP contribution < -0.4 is 0 Å². The number of carbonyl (C=O) groups excluding carboxylic acids is 1. The van der Waals surface area contributed by atoms with Gasteiger partial charge in [0.1, 0.15) is 0 Å². The molecule has 0 saturated carbocycles. The Morgan fingerprint density at radius 1 is 1.41 bits per heavy atom. The Hall–Kier alpha value is -1.06. The zero-order chi connectivity index (χ0) is 16.2. The van der Waals surface area contributed by atoms with Gasteiger partial charge >= 0.3 is 0 Å². The van der Waals surface area contributed by atoms with E-state index in [0.29, 0.717) is 19.6 Å². The van der Waals surface area contributed by atoms with Gasteiger partial charge in [-0.05, 0) is 36.0 Å². The third-order valence-electron chi connectivity index (χ3n) is 3.79. The summed E-state index contributed by atoms with van der Waals surface area (Å²) in [4.78, 5) is 14.3. The lowest BCUT2D eigenvalue weighted by molar-refractivity contribution is -0.137. The maximum atomic E-state index is 12.3. The molecule has 1 aliphatic rings. The lowest BCUT2D eigenvalue weighted by Gasteiger charge is -2.34. The largest absolute Gasteiger partial charge is 0.372 e. The fourth-order valence-electron chi connectivity index (χ4n) is 2.71. The first-order valence-corrected chi connectivity index (χ1v) is 8.35. The van der Waals surface area contributed by atoms with Crippen LogP contribution >= 0.6 is 11.6 Å². The summed E-state index contributed by atoms with van der Waals surface area (Å²) in [6, 6.07) is 7.73. The number of nitrogens with zero attached hydrogens (tertiary/aromatic N) is 1. The number of carbonyl (C=O) groups is 1. The summed E-state index contributed by atoms with van der Waals surface area (Å²) in [7, 11) is 0. The highest BCUT2D eigenvalue weighted by Crippen LogP contribution is 2.23. The Morgan fingerprint density at radius 3 is 2.86 bits per heavy atom. The van der Waals surface area contributed by atoms with Crippen molar-refractivity contribution in [3.05, 3.63) is 34.9 Å². The summed E-state index contributed by atoms with van der Waals surface area (Å²) in [5.41, 5.74) is 1.11. The normalized spacial score (nSPS) is 19.3. The van der Waals surface area contributed by atoms with Crippen molar-refractivity contribution in [2.45, 2.75) is 52.7 Å². The molecule has 0 N–H and O–H groups in total. The van der Waals surface area contributed by atoms with Gasteiger partial charge in [-0.2, -0.15) is 0 Å². The van der Waals surface area contributed by atoms with E-state index in [4.69, 9.17) is 16.3 Å². The van der Waals surface area contributed by atoms with E-state index in [1.807, 2.05) is 29.2 Å². The molecule has 0 aromatic heterocycles. The molecule has 4 heteroatoms. The van der Waals surface area contributed by atoms with Crippen LogP contribution in [0.4, 0.5) is 0 Å². The summed E-state index contributed by atoms with van der Waals surface area (Å²) in [6.07, 6.45) is 2.74. The SMILES string of the molecule is CC(C)(C)CC(=O)N1CCC[C@H](OCc2cccc(Cl)c2)C1. The van der Waals surface area contributed by atoms with E-state index >= 15 is 0 Å². The number of ether oxygens (including phenoxy) is 1. The lowest BCUT2D eigenvalue weighted by atomic mass is 9.91. The van der Waals surface area contributed by atoms with Gasteiger partial charge in [-0.25, -0.2) is 0 Å². The van der Waals surface area contributed by atoms with Crippen LogP contribution in [0.15, 0.2) is 24.3 Å². The van der Waals surface area contributed by atoms with Crippen molar-refractivity contribution in [1.29, 1.82) is 0 Å². The second kappa shape index (κ2) is 7.47. The number of hydrogen-bond acceptors (Lipinski definition) is 2. The van der Waals surface area contributed by atoms with Crippen molar-refractivity contribution < 1.29 is 9.53 Å². The molecular weight excluding hydrogens is 298 g/mol. The van der Waals surface area contributed by atoms with Crippen molar-refractivity contribution in [2.24, 2.45) is 5.41 Å². The highest BCUT2D eigenvalue weighted by atomic mass is 35.5. The lowest BCUT2D eigenvalue weighted by Crippen LogP contribution is -2.44. The average molecular weight is 324 g/mol. The minimum atomic E-state index is 0.0334. The van der Waals surface area contributed by atoms with Gasteiger partial charge in [0.15, 0.2) is 0 Å². The molecule has 2 rings (SSSR count). The summed E-state index contributed by atoms with van der Waals surface area (Å²) < 4.78 is 5.98. The predicted molar refractivity (Wildman–Crippen MR) is 89.9 cm³/mol. The number of benzene rings is 1. The van der Waals surface area contributed by atoms with Gasteiger partial charge in [0.25, 0.3) is 0 Å². The number of amides is 1. The summed E-state index contributed by atoms with van der Waals surface area (Å²) in [5, 5.41) is 0.728. The zero-order valence-electron chi connectivity index (χ0n) is 13.8. The van der Waals surface area contributed by atoms with Crippen LogP contribution in [-0.2, 0) is 16.1 Å². The van der Waals surface area contributed by atoms with Gasteiger partial charge in [-0.3, -0.25) is 4.79 Å². The fourth-order valence-corrected chi connectivity index (χ4v) is 2.92. The van der Waals surface area contributed by atoms with Crippen LogP contribution in [-0.4, -0.2) is 30.0 Å². The van der Waals surface area contributed by atoms with Crippen molar-refractivity contribution in [3.63, 3.8) is 0 Å². The molecule has 0 bridgehead atoms. The zero-order valence-corrected chi connectivity index (χ0v) is 14.5. The second-order valence-corrected chi connectivity index (χ2v) is 7.72. The molecule has 0 unspecified atom stereocenters. The predicted octanol–water partition coefficient (Wildman–Crippen LogP) is 4.28. The van der Waals surface area contributed by atoms with Gasteiger partial charge in [0.05, 0.1) is 12.7 Å². The molecule has 0 aliphatic carbocycles. The third kappa shape index (κ3) is 5.62. The maximum absolute atomic E-state index is 12.3. The third-order valence-corrected chi connectivity index (χ3v) is 4.02. The molecule has 122 valence electrons. The molecule has 1 fully saturated rings. The topological polar surface area (TPSA) is 29.5 Å². The van der Waals surface area contributed by atoms with Gasteiger partial charge in [0, 0.05) is 24.5 Å². The minimum Gasteiger partial charge on any atom is -0.372 e. The van der Waals surface area contributed by atoms with E-state index in [-0.39, 0.29) is 17.4 Å². The van der Waals surface area contributed by atoms with E-state index < -0.39 is 0 Å². The quantitative estimate of drug-likeness (QED) is 0.827. The van der Waals surface area contributed by atoms with Gasteiger partial charge in [0.2, 0.25) is 5.91 Å². The first kappa shape index (κ1) is 17.3. The Balaban J connectivity index is 1.84. The monoisotopic (exact) mass is 323 g/mol. The van der Waals surface area contributed by atoms with Crippen LogP contribution in [0.25, 0.3) is 0 Å². The molecule has 1 heterocycles. The van der Waals surface area contributed by atoms with Crippen molar-refractivity contribution >= 4 is 17.5 Å². The Kier molecular flexibility index (Phi) is 5.87. The van der Waals surface area contributed by atoms with Crippen molar-refractivity contribution in [1.82, 2.24) is 4.90 Å². The molecule has 1 aromatic carbocycles. The number of likely N-dealkylation sites (tertiary alicyclic amines) is 1. The standard InChI is InChI=1S/C18H26ClNO2/c1-18(2,3)11-17(21)20-9-5-8-16(12-20)22-13-14-6-4-7-15(19)10-14/h4,6-7,10,16H,5,8-9,11-13H2,1-3H3/t16-/m0/s1. The molecule has 3 nitrogen and oxygen atoms in total. The Labute approximate surface area is 138 Å². The van der Waals surface area contributed by atoms with Crippen LogP contribution in [0.2, 0.25) is 5.02 Å². The van der Waals surface area contributed by atoms with E-state index in [9.17, 15) is 4.79 Å². The minimum absolute atomic E-state index is 0.0334. The molecule has 0 spiro atoms. The van der Waals surface area contributed by atoms with E-state index in [1.54, 1.807) is 0 Å². The van der Waals surface area contributed by atoms with Crippen molar-refractivity contribution in [3.8, 4) is 0 Å². The average Bonchev–Trinajstić information content (AvgIpc) is 2.44. The molecule has 1 aromatic rings. The van der Waals surface area contributed by atoms with Gasteiger partial charge in [-0.15, -0.1) is 0 Å². The maximum Gasteiger partial charge on any atom is 0.223 e. The van der Waals surface area contributed by atoms with E-state index in [2.05, 4.69) is 20.8 Å². The van der Waals surface area contributed by atoms with Crippen LogP contribution in [0, 0.1) is 5.41 Å². The smallest absolute Gasteiger partial charge is 0.223 e. The fraction of sp³-hybridized carbons (Fsp3) is 0.611. The Bertz CT molecular complexity index is 510. The first-order valence-electron chi connectivity index (χ1n) is 7.97. The van der Waals surface area contributed by atoms with Crippen LogP contribution in [0.3, 0.4) is 0 Å². The summed E-state index contributed by atoms with van der Waals surface area (Å²) in [5.74, 6) is 0.239. The molecule has 1 amide bonds. The first-order chi connectivity index (χ1) is 10.3. The molecule has 1 atom stereocenters. The van der Waals surface area contributed by atoms with E-state index in [1.165, 1.54) is 0 Å². The molecule has 1 aliphatic heterocycles.